The summed E-state index contributed by atoms with van der Waals surface area (Å²) in [6.45, 7) is -0.659. The Labute approximate surface area is 121 Å². The van der Waals surface area contributed by atoms with Crippen LogP contribution in [0.3, 0.4) is 0 Å². The van der Waals surface area contributed by atoms with Crippen LogP contribution in [0.5, 0.6) is 0 Å². The first-order chi connectivity index (χ1) is 9.86. The monoisotopic (exact) mass is 292 g/mol. The minimum absolute atomic E-state index is 0.0119. The van der Waals surface area contributed by atoms with Gasteiger partial charge >= 0.3 is 12.9 Å². The fourth-order valence-electron chi connectivity index (χ4n) is 3.05. The number of carbonyl (C=O) groups is 1. The van der Waals surface area contributed by atoms with Gasteiger partial charge in [0.1, 0.15) is 5.71 Å². The van der Waals surface area contributed by atoms with Crippen LogP contribution in [0, 0.1) is 6.92 Å². The predicted molar refractivity (Wildman–Crippen MR) is 76.3 cm³/mol. The average molecular weight is 292 g/mol. The highest BCUT2D eigenvalue weighted by molar-refractivity contribution is 6.58. The van der Waals surface area contributed by atoms with Gasteiger partial charge in [0.05, 0.1) is 13.5 Å². The van der Waals surface area contributed by atoms with Crippen LogP contribution >= 0.6 is 0 Å². The van der Waals surface area contributed by atoms with Gasteiger partial charge in [-0.05, 0) is 24.2 Å². The Morgan fingerprint density at radius 2 is 2.10 bits per heavy atom. The van der Waals surface area contributed by atoms with E-state index in [1.165, 1.54) is 7.11 Å². The van der Waals surface area contributed by atoms with Crippen molar-refractivity contribution in [2.45, 2.75) is 20.3 Å². The Morgan fingerprint density at radius 1 is 1.38 bits per heavy atom. The van der Waals surface area contributed by atoms with Gasteiger partial charge < -0.3 is 22.3 Å². The molecule has 7 heteroatoms. The molecular weight excluding hydrogens is 277 g/mol. The van der Waals surface area contributed by atoms with E-state index in [1.807, 2.05) is 0 Å². The SMILES string of the molecule is COC(=O)Cc1cc(C)n2c1C=C1C=CC(C)=[N+]1[B-]2(F)F. The van der Waals surface area contributed by atoms with Crippen LogP contribution in [0.25, 0.3) is 6.08 Å². The number of aryl methyl sites for hydroxylation is 1. The van der Waals surface area contributed by atoms with Crippen molar-refractivity contribution >= 4 is 24.7 Å². The lowest BCUT2D eigenvalue weighted by Crippen LogP contribution is -2.50. The quantitative estimate of drug-likeness (QED) is 0.618. The number of fused-ring (bicyclic) bond motifs is 2. The second-order valence-corrected chi connectivity index (χ2v) is 5.32. The Balaban J connectivity index is 2.20. The molecule has 21 heavy (non-hydrogen) atoms. The maximum absolute atomic E-state index is 14.8. The lowest BCUT2D eigenvalue weighted by Gasteiger charge is -2.30. The van der Waals surface area contributed by atoms with E-state index >= 15 is 0 Å². The minimum atomic E-state index is -3.94. The normalized spacial score (nSPS) is 18.4. The summed E-state index contributed by atoms with van der Waals surface area (Å²) in [5.74, 6) is -0.440. The number of hydrogen-bond donors (Lipinski definition) is 0. The van der Waals surface area contributed by atoms with Crippen LogP contribution in [-0.4, -0.2) is 34.7 Å². The first-order valence-electron chi connectivity index (χ1n) is 6.69. The van der Waals surface area contributed by atoms with E-state index in [-0.39, 0.29) is 6.42 Å². The van der Waals surface area contributed by atoms with Crippen LogP contribution in [0.2, 0.25) is 0 Å². The molecule has 0 bridgehead atoms. The average Bonchev–Trinajstić information content (AvgIpc) is 2.92. The second-order valence-electron chi connectivity index (χ2n) is 5.32. The standard InChI is InChI=1S/C14H15BF2N2O2/c1-9-4-5-12-8-13-11(7-14(20)21-3)6-10(2)19(13)15(16,17)18(9)12/h4-6,8H,7H2,1-3H3. The molecule has 0 amide bonds. The van der Waals surface area contributed by atoms with E-state index in [2.05, 4.69) is 4.74 Å². The summed E-state index contributed by atoms with van der Waals surface area (Å²) >= 11 is 0. The third kappa shape index (κ3) is 1.87. The lowest BCUT2D eigenvalue weighted by molar-refractivity contribution is -0.361. The molecule has 1 aromatic heterocycles. The molecule has 3 rings (SSSR count). The number of methoxy groups -OCH3 is 1. The van der Waals surface area contributed by atoms with Crippen molar-refractivity contribution in [2.24, 2.45) is 0 Å². The summed E-state index contributed by atoms with van der Waals surface area (Å²) in [7, 11) is 1.29. The van der Waals surface area contributed by atoms with Crippen molar-refractivity contribution in [2.75, 3.05) is 7.11 Å². The molecule has 0 aliphatic carbocycles. The van der Waals surface area contributed by atoms with E-state index < -0.39 is 12.9 Å². The molecule has 4 nitrogen and oxygen atoms in total. The number of nitrogens with zero attached hydrogens (tertiary/aromatic N) is 2. The summed E-state index contributed by atoms with van der Waals surface area (Å²) in [6.07, 6.45) is 5.02. The molecule has 2 aliphatic rings. The number of rotatable bonds is 2. The number of ether oxygens (including phenoxy) is 1. The summed E-state index contributed by atoms with van der Waals surface area (Å²) in [4.78, 5) is 11.5. The number of hydrogen-bond acceptors (Lipinski definition) is 2. The van der Waals surface area contributed by atoms with Crippen molar-refractivity contribution in [1.82, 2.24) is 4.48 Å². The molecule has 0 saturated heterocycles. The van der Waals surface area contributed by atoms with Crippen molar-refractivity contribution in [3.8, 4) is 0 Å². The highest BCUT2D eigenvalue weighted by Crippen LogP contribution is 2.34. The molecule has 0 N–H and O–H groups in total. The van der Waals surface area contributed by atoms with Crippen LogP contribution in [0.4, 0.5) is 8.63 Å². The zero-order chi connectivity index (χ0) is 15.4. The van der Waals surface area contributed by atoms with Crippen molar-refractivity contribution in [3.63, 3.8) is 0 Å². The van der Waals surface area contributed by atoms with Crippen molar-refractivity contribution in [3.05, 3.63) is 40.9 Å². The van der Waals surface area contributed by atoms with Crippen LogP contribution < -0.4 is 0 Å². The molecule has 0 atom stereocenters. The summed E-state index contributed by atoms with van der Waals surface area (Å²) in [5, 5.41) is 0. The molecule has 3 heterocycles. The summed E-state index contributed by atoms with van der Waals surface area (Å²) < 4.78 is 36.4. The summed E-state index contributed by atoms with van der Waals surface area (Å²) in [6, 6.07) is 1.63. The molecule has 2 aliphatic heterocycles. The van der Waals surface area contributed by atoms with Crippen LogP contribution in [0.1, 0.15) is 23.9 Å². The molecule has 1 aromatic rings. The van der Waals surface area contributed by atoms with Gasteiger partial charge in [-0.2, -0.15) is 0 Å². The fraction of sp³-hybridized carbons (Fsp3) is 0.286. The van der Waals surface area contributed by atoms with Gasteiger partial charge in [-0.1, -0.05) is 0 Å². The Kier molecular flexibility index (Phi) is 2.90. The highest BCUT2D eigenvalue weighted by atomic mass is 19.2. The first kappa shape index (κ1) is 13.8. The zero-order valence-corrected chi connectivity index (χ0v) is 12.1. The molecule has 110 valence electrons. The van der Waals surface area contributed by atoms with E-state index in [9.17, 15) is 13.4 Å². The Bertz CT molecular complexity index is 744. The zero-order valence-electron chi connectivity index (χ0n) is 12.1. The third-order valence-corrected chi connectivity index (χ3v) is 3.97. The molecule has 0 aromatic carbocycles. The van der Waals surface area contributed by atoms with Gasteiger partial charge in [-0.3, -0.25) is 4.79 Å². The van der Waals surface area contributed by atoms with Gasteiger partial charge in [-0.25, -0.2) is 0 Å². The van der Waals surface area contributed by atoms with Gasteiger partial charge in [0.15, 0.2) is 5.70 Å². The third-order valence-electron chi connectivity index (χ3n) is 3.97. The number of halogens is 2. The molecule has 0 saturated carbocycles. The maximum atomic E-state index is 14.8. The number of allylic oxidation sites excluding steroid dienone is 2. The number of aromatic nitrogens is 1. The van der Waals surface area contributed by atoms with E-state index in [4.69, 9.17) is 0 Å². The first-order valence-corrected chi connectivity index (χ1v) is 6.69. The molecule has 0 unspecified atom stereocenters. The van der Waals surface area contributed by atoms with E-state index in [0.717, 1.165) is 8.96 Å². The molecule has 0 radical (unpaired) electrons. The highest BCUT2D eigenvalue weighted by Gasteiger charge is 2.52. The van der Waals surface area contributed by atoms with Gasteiger partial charge in [0.2, 0.25) is 0 Å². The van der Waals surface area contributed by atoms with Crippen LogP contribution in [-0.2, 0) is 16.0 Å². The van der Waals surface area contributed by atoms with Crippen molar-refractivity contribution < 1.29 is 22.6 Å². The second kappa shape index (κ2) is 4.41. The van der Waals surface area contributed by atoms with Gasteiger partial charge in [0.25, 0.3) is 0 Å². The predicted octanol–water partition coefficient (Wildman–Crippen LogP) is 2.13. The van der Waals surface area contributed by atoms with E-state index in [1.54, 1.807) is 38.1 Å². The number of esters is 1. The lowest BCUT2D eigenvalue weighted by atomic mass is 9.90. The smallest absolute Gasteiger partial charge is 0.469 e. The summed E-state index contributed by atoms with van der Waals surface area (Å²) in [5.41, 5.74) is 2.34. The van der Waals surface area contributed by atoms with Crippen molar-refractivity contribution in [1.29, 1.82) is 0 Å². The molecule has 0 fully saturated rings. The minimum Gasteiger partial charge on any atom is -0.469 e. The van der Waals surface area contributed by atoms with Gasteiger partial charge in [0, 0.05) is 30.8 Å². The van der Waals surface area contributed by atoms with Crippen LogP contribution in [0.15, 0.2) is 23.9 Å². The Hall–Kier alpha value is -2.18. The van der Waals surface area contributed by atoms with E-state index in [0.29, 0.717) is 28.4 Å². The topological polar surface area (TPSA) is 34.2 Å². The fourth-order valence-corrected chi connectivity index (χ4v) is 3.05. The van der Waals surface area contributed by atoms with Gasteiger partial charge in [-0.15, -0.1) is 0 Å². The Morgan fingerprint density at radius 3 is 2.76 bits per heavy atom. The largest absolute Gasteiger partial charge is 0.737 e. The molecular formula is C14H15BF2N2O2. The maximum Gasteiger partial charge on any atom is 0.737 e. The molecule has 0 spiro atoms. The number of carbonyl (C=O) groups excluding carboxylic acids is 1.